The number of aryl methyl sites for hydroxylation is 1. The number of amides is 2. The first-order valence-corrected chi connectivity index (χ1v) is 8.61. The highest BCUT2D eigenvalue weighted by molar-refractivity contribution is 7.13. The molecule has 0 spiro atoms. The fourth-order valence-corrected chi connectivity index (χ4v) is 3.47. The molecule has 0 aliphatic heterocycles. The Bertz CT molecular complexity index is 476. The number of nitrogens with one attached hydrogen (secondary N) is 2. The van der Waals surface area contributed by atoms with Crippen molar-refractivity contribution in [2.45, 2.75) is 57.9 Å². The number of hydrogen-bond donors (Lipinski definition) is 2. The summed E-state index contributed by atoms with van der Waals surface area (Å²) in [4.78, 5) is 25.6. The van der Waals surface area contributed by atoms with Gasteiger partial charge in [-0.15, -0.1) is 11.3 Å². The first kappa shape index (κ1) is 16.0. The van der Waals surface area contributed by atoms with Crippen molar-refractivity contribution < 1.29 is 9.59 Å². The van der Waals surface area contributed by atoms with E-state index in [0.717, 1.165) is 17.7 Å². The second kappa shape index (κ2) is 8.17. The molecule has 0 unspecified atom stereocenters. The minimum absolute atomic E-state index is 0.0618. The van der Waals surface area contributed by atoms with E-state index in [1.807, 2.05) is 13.0 Å². The van der Waals surface area contributed by atoms with E-state index >= 15 is 0 Å². The molecule has 1 aromatic rings. The van der Waals surface area contributed by atoms with Crippen LogP contribution in [-0.2, 0) is 4.79 Å². The molecule has 1 aliphatic carbocycles. The molecule has 1 saturated carbocycles. The Morgan fingerprint density at radius 1 is 1.14 bits per heavy atom. The molecule has 0 bridgehead atoms. The zero-order valence-corrected chi connectivity index (χ0v) is 13.4. The van der Waals surface area contributed by atoms with Gasteiger partial charge in [-0.1, -0.05) is 32.1 Å². The molecular weight excluding hydrogens is 284 g/mol. The number of carbonyl (C=O) groups is 2. The van der Waals surface area contributed by atoms with Crippen molar-refractivity contribution >= 4 is 23.2 Å². The normalized spacial score (nSPS) is 16.8. The van der Waals surface area contributed by atoms with E-state index in [-0.39, 0.29) is 24.4 Å². The lowest BCUT2D eigenvalue weighted by Crippen LogP contribution is -2.42. The molecule has 5 heteroatoms. The van der Waals surface area contributed by atoms with Gasteiger partial charge in [-0.05, 0) is 31.9 Å². The van der Waals surface area contributed by atoms with E-state index in [9.17, 15) is 9.59 Å². The standard InChI is InChI=1S/C16H24N2O2S/c1-12-9-10-14(21-12)16(20)17-11-15(19)18-13-7-5-3-2-4-6-8-13/h9-10,13H,2-8,11H2,1H3,(H,17,20)(H,18,19). The molecule has 0 saturated heterocycles. The molecule has 2 rings (SSSR count). The summed E-state index contributed by atoms with van der Waals surface area (Å²) in [5, 5.41) is 5.74. The first-order valence-electron chi connectivity index (χ1n) is 7.79. The van der Waals surface area contributed by atoms with Crippen LogP contribution in [0.4, 0.5) is 0 Å². The summed E-state index contributed by atoms with van der Waals surface area (Å²) in [6.07, 6.45) is 8.34. The van der Waals surface area contributed by atoms with Crippen LogP contribution in [0.5, 0.6) is 0 Å². The fraction of sp³-hybridized carbons (Fsp3) is 0.625. The predicted octanol–water partition coefficient (Wildman–Crippen LogP) is 3.02. The monoisotopic (exact) mass is 308 g/mol. The van der Waals surface area contributed by atoms with E-state index < -0.39 is 0 Å². The van der Waals surface area contributed by atoms with E-state index in [1.165, 1.54) is 43.4 Å². The van der Waals surface area contributed by atoms with Crippen LogP contribution in [0.25, 0.3) is 0 Å². The average molecular weight is 308 g/mol. The number of thiophene rings is 1. The SMILES string of the molecule is Cc1ccc(C(=O)NCC(=O)NC2CCCCCCC2)s1. The number of rotatable bonds is 4. The van der Waals surface area contributed by atoms with Gasteiger partial charge in [-0.25, -0.2) is 0 Å². The van der Waals surface area contributed by atoms with Gasteiger partial charge in [0.1, 0.15) is 0 Å². The van der Waals surface area contributed by atoms with Gasteiger partial charge in [0.15, 0.2) is 0 Å². The zero-order chi connectivity index (χ0) is 15.1. The number of carbonyl (C=O) groups excluding carboxylic acids is 2. The molecule has 4 nitrogen and oxygen atoms in total. The van der Waals surface area contributed by atoms with Crippen LogP contribution < -0.4 is 10.6 Å². The topological polar surface area (TPSA) is 58.2 Å². The van der Waals surface area contributed by atoms with Crippen molar-refractivity contribution in [2.75, 3.05) is 6.54 Å². The van der Waals surface area contributed by atoms with E-state index in [1.54, 1.807) is 6.07 Å². The van der Waals surface area contributed by atoms with Gasteiger partial charge in [0.2, 0.25) is 5.91 Å². The maximum absolute atomic E-state index is 11.9. The van der Waals surface area contributed by atoms with Gasteiger partial charge in [0, 0.05) is 10.9 Å². The highest BCUT2D eigenvalue weighted by Gasteiger charge is 2.15. The van der Waals surface area contributed by atoms with Crippen LogP contribution >= 0.6 is 11.3 Å². The smallest absolute Gasteiger partial charge is 0.261 e. The lowest BCUT2D eigenvalue weighted by Gasteiger charge is -2.21. The minimum atomic E-state index is -0.166. The molecule has 2 N–H and O–H groups in total. The van der Waals surface area contributed by atoms with Gasteiger partial charge in [-0.3, -0.25) is 9.59 Å². The Morgan fingerprint density at radius 3 is 2.43 bits per heavy atom. The molecule has 116 valence electrons. The van der Waals surface area contributed by atoms with Crippen LogP contribution in [0.15, 0.2) is 12.1 Å². The third-order valence-corrected chi connectivity index (χ3v) is 4.84. The summed E-state index contributed by atoms with van der Waals surface area (Å²) in [6.45, 7) is 2.02. The largest absolute Gasteiger partial charge is 0.352 e. The van der Waals surface area contributed by atoms with Crippen LogP contribution in [0.1, 0.15) is 59.5 Å². The Hall–Kier alpha value is -1.36. The predicted molar refractivity (Wildman–Crippen MR) is 85.6 cm³/mol. The molecular formula is C16H24N2O2S. The molecule has 0 aromatic carbocycles. The molecule has 1 fully saturated rings. The molecule has 1 aliphatic rings. The summed E-state index contributed by atoms with van der Waals surface area (Å²) >= 11 is 1.44. The lowest BCUT2D eigenvalue weighted by molar-refractivity contribution is -0.120. The van der Waals surface area contributed by atoms with Crippen LogP contribution in [0.3, 0.4) is 0 Å². The highest BCUT2D eigenvalue weighted by atomic mass is 32.1. The fourth-order valence-electron chi connectivity index (χ4n) is 2.68. The van der Waals surface area contributed by atoms with Gasteiger partial charge >= 0.3 is 0 Å². The van der Waals surface area contributed by atoms with Gasteiger partial charge in [0.25, 0.3) is 5.91 Å². The molecule has 0 atom stereocenters. The summed E-state index contributed by atoms with van der Waals surface area (Å²) in [5.41, 5.74) is 0. The average Bonchev–Trinajstić information content (AvgIpc) is 2.86. The van der Waals surface area contributed by atoms with Crippen LogP contribution in [-0.4, -0.2) is 24.4 Å². The maximum Gasteiger partial charge on any atom is 0.261 e. The molecule has 0 radical (unpaired) electrons. The molecule has 1 heterocycles. The maximum atomic E-state index is 11.9. The third kappa shape index (κ3) is 5.50. The van der Waals surface area contributed by atoms with Gasteiger partial charge in [0.05, 0.1) is 11.4 Å². The van der Waals surface area contributed by atoms with Crippen LogP contribution in [0, 0.1) is 6.92 Å². The molecule has 21 heavy (non-hydrogen) atoms. The van der Waals surface area contributed by atoms with Crippen LogP contribution in [0.2, 0.25) is 0 Å². The molecule has 2 amide bonds. The number of hydrogen-bond acceptors (Lipinski definition) is 3. The van der Waals surface area contributed by atoms with E-state index in [0.29, 0.717) is 4.88 Å². The van der Waals surface area contributed by atoms with E-state index in [4.69, 9.17) is 0 Å². The van der Waals surface area contributed by atoms with Crippen molar-refractivity contribution in [1.29, 1.82) is 0 Å². The summed E-state index contributed by atoms with van der Waals surface area (Å²) in [5.74, 6) is -0.247. The summed E-state index contributed by atoms with van der Waals surface area (Å²) in [7, 11) is 0. The van der Waals surface area contributed by atoms with Gasteiger partial charge in [-0.2, -0.15) is 0 Å². The first-order chi connectivity index (χ1) is 10.1. The lowest BCUT2D eigenvalue weighted by atomic mass is 9.97. The summed E-state index contributed by atoms with van der Waals surface area (Å²) in [6, 6.07) is 3.98. The second-order valence-electron chi connectivity index (χ2n) is 5.70. The van der Waals surface area contributed by atoms with Crippen molar-refractivity contribution in [3.8, 4) is 0 Å². The zero-order valence-electron chi connectivity index (χ0n) is 12.6. The minimum Gasteiger partial charge on any atom is -0.352 e. The summed E-state index contributed by atoms with van der Waals surface area (Å²) < 4.78 is 0. The van der Waals surface area contributed by atoms with Crippen molar-refractivity contribution in [3.63, 3.8) is 0 Å². The Balaban J connectivity index is 1.72. The van der Waals surface area contributed by atoms with Crippen molar-refractivity contribution in [2.24, 2.45) is 0 Å². The molecule has 1 aromatic heterocycles. The van der Waals surface area contributed by atoms with Crippen molar-refractivity contribution in [3.05, 3.63) is 21.9 Å². The van der Waals surface area contributed by atoms with E-state index in [2.05, 4.69) is 10.6 Å². The Labute approximate surface area is 130 Å². The quantitative estimate of drug-likeness (QED) is 0.898. The second-order valence-corrected chi connectivity index (χ2v) is 6.99. The Kier molecular flexibility index (Phi) is 6.23. The van der Waals surface area contributed by atoms with Crippen molar-refractivity contribution in [1.82, 2.24) is 10.6 Å². The third-order valence-electron chi connectivity index (χ3n) is 3.84. The Morgan fingerprint density at radius 2 is 1.81 bits per heavy atom. The van der Waals surface area contributed by atoms with Gasteiger partial charge < -0.3 is 10.6 Å². The highest BCUT2D eigenvalue weighted by Crippen LogP contribution is 2.17.